The summed E-state index contributed by atoms with van der Waals surface area (Å²) in [7, 11) is -2.31. The Hall–Kier alpha value is -3.07. The van der Waals surface area contributed by atoms with Crippen LogP contribution in [-0.2, 0) is 26.2 Å². The van der Waals surface area contributed by atoms with E-state index in [0.29, 0.717) is 24.4 Å². The Morgan fingerprint density at radius 1 is 1.09 bits per heavy atom. The summed E-state index contributed by atoms with van der Waals surface area (Å²) < 4.78 is 31.6. The first-order valence-electron chi connectivity index (χ1n) is 11.7. The van der Waals surface area contributed by atoms with Crippen LogP contribution >= 0.6 is 0 Å². The second-order valence-electron chi connectivity index (χ2n) is 8.98. The molecule has 0 spiro atoms. The molecule has 1 N–H and O–H groups in total. The van der Waals surface area contributed by atoms with Crippen LogP contribution in [0.25, 0.3) is 0 Å². The van der Waals surface area contributed by atoms with Gasteiger partial charge in [0.05, 0.1) is 19.1 Å². The summed E-state index contributed by atoms with van der Waals surface area (Å²) in [6.07, 6.45) is 1.44. The summed E-state index contributed by atoms with van der Waals surface area (Å²) in [5.74, 6) is 0.00842. The summed E-state index contributed by atoms with van der Waals surface area (Å²) in [6, 6.07) is 13.4. The smallest absolute Gasteiger partial charge is 0.244 e. The van der Waals surface area contributed by atoms with Crippen LogP contribution in [0.2, 0.25) is 0 Å². The zero-order valence-corrected chi connectivity index (χ0v) is 22.3. The van der Waals surface area contributed by atoms with Gasteiger partial charge in [-0.25, -0.2) is 8.42 Å². The van der Waals surface area contributed by atoms with Gasteiger partial charge in [0.25, 0.3) is 0 Å². The number of sulfonamides is 1. The van der Waals surface area contributed by atoms with Crippen LogP contribution < -0.4 is 14.4 Å². The average molecular weight is 504 g/mol. The number of carbonyl (C=O) groups is 2. The fourth-order valence-electron chi connectivity index (χ4n) is 3.69. The van der Waals surface area contributed by atoms with Gasteiger partial charge >= 0.3 is 0 Å². The molecule has 9 heteroatoms. The maximum Gasteiger partial charge on any atom is 0.244 e. The molecule has 0 saturated heterocycles. The van der Waals surface area contributed by atoms with Crippen LogP contribution in [0.4, 0.5) is 5.69 Å². The first kappa shape index (κ1) is 28.2. The second kappa shape index (κ2) is 12.6. The van der Waals surface area contributed by atoms with Crippen molar-refractivity contribution in [3.63, 3.8) is 0 Å². The minimum atomic E-state index is -3.80. The molecule has 1 atom stereocenters. The largest absolute Gasteiger partial charge is 0.497 e. The lowest BCUT2D eigenvalue weighted by Gasteiger charge is -2.33. The van der Waals surface area contributed by atoms with Crippen molar-refractivity contribution in [2.75, 3.05) is 30.8 Å². The predicted molar refractivity (Wildman–Crippen MR) is 139 cm³/mol. The highest BCUT2D eigenvalue weighted by Crippen LogP contribution is 2.24. The third-order valence-electron chi connectivity index (χ3n) is 5.69. The van der Waals surface area contributed by atoms with E-state index in [-0.39, 0.29) is 18.4 Å². The van der Waals surface area contributed by atoms with Crippen LogP contribution in [0.3, 0.4) is 0 Å². The molecule has 0 heterocycles. The number of anilines is 1. The highest BCUT2D eigenvalue weighted by atomic mass is 32.2. The van der Waals surface area contributed by atoms with E-state index >= 15 is 0 Å². The van der Waals surface area contributed by atoms with E-state index in [1.54, 1.807) is 24.3 Å². The van der Waals surface area contributed by atoms with Crippen LogP contribution in [0, 0.1) is 12.8 Å². The summed E-state index contributed by atoms with van der Waals surface area (Å²) in [5, 5.41) is 2.92. The Bertz CT molecular complexity index is 1120. The molecule has 0 aliphatic heterocycles. The lowest BCUT2D eigenvalue weighted by Crippen LogP contribution is -2.52. The number of rotatable bonds is 12. The van der Waals surface area contributed by atoms with E-state index in [2.05, 4.69) is 5.32 Å². The van der Waals surface area contributed by atoms with Crippen molar-refractivity contribution in [2.45, 2.75) is 46.7 Å². The molecule has 8 nitrogen and oxygen atoms in total. The first-order chi connectivity index (χ1) is 16.5. The van der Waals surface area contributed by atoms with Crippen molar-refractivity contribution in [3.05, 3.63) is 59.7 Å². The molecule has 0 unspecified atom stereocenters. The first-order valence-corrected chi connectivity index (χ1v) is 13.6. The van der Waals surface area contributed by atoms with E-state index in [4.69, 9.17) is 4.74 Å². The number of aryl methyl sites for hydroxylation is 1. The minimum absolute atomic E-state index is 0.189. The molecule has 0 fully saturated rings. The van der Waals surface area contributed by atoms with E-state index < -0.39 is 28.5 Å². The SMILES string of the molecule is CC[C@H](C(=O)NCC(C)C)N(Cc1ccccc1C)C(=O)CN(c1cccc(OC)c1)S(C)(=O)=O. The number of carbonyl (C=O) groups excluding carboxylic acids is 2. The molecule has 0 aliphatic carbocycles. The maximum atomic E-state index is 13.7. The van der Waals surface area contributed by atoms with Crippen molar-refractivity contribution in [3.8, 4) is 5.75 Å². The lowest BCUT2D eigenvalue weighted by atomic mass is 10.1. The lowest BCUT2D eigenvalue weighted by molar-refractivity contribution is -0.140. The number of nitrogens with zero attached hydrogens (tertiary/aromatic N) is 2. The normalized spacial score (nSPS) is 12.2. The number of hydrogen-bond acceptors (Lipinski definition) is 5. The maximum absolute atomic E-state index is 13.7. The summed E-state index contributed by atoms with van der Waals surface area (Å²) in [6.45, 7) is 8.01. The van der Waals surface area contributed by atoms with Gasteiger partial charge in [0.15, 0.2) is 0 Å². The molecule has 0 saturated carbocycles. The number of amides is 2. The van der Waals surface area contributed by atoms with Crippen molar-refractivity contribution >= 4 is 27.5 Å². The molecule has 192 valence electrons. The van der Waals surface area contributed by atoms with Crippen LogP contribution in [0.5, 0.6) is 5.75 Å². The number of benzene rings is 2. The quantitative estimate of drug-likeness (QED) is 0.479. The molecule has 0 bridgehead atoms. The molecular formula is C26H37N3O5S. The van der Waals surface area contributed by atoms with Gasteiger partial charge in [0, 0.05) is 19.2 Å². The van der Waals surface area contributed by atoms with Crippen molar-refractivity contribution in [2.24, 2.45) is 5.92 Å². The van der Waals surface area contributed by atoms with Gasteiger partial charge in [-0.15, -0.1) is 0 Å². The fraction of sp³-hybridized carbons (Fsp3) is 0.462. The Morgan fingerprint density at radius 3 is 2.34 bits per heavy atom. The Kier molecular flexibility index (Phi) is 10.1. The fourth-order valence-corrected chi connectivity index (χ4v) is 4.53. The van der Waals surface area contributed by atoms with E-state index in [0.717, 1.165) is 21.7 Å². The average Bonchev–Trinajstić information content (AvgIpc) is 2.81. The van der Waals surface area contributed by atoms with Crippen molar-refractivity contribution in [1.29, 1.82) is 0 Å². The van der Waals surface area contributed by atoms with Crippen LogP contribution in [-0.4, -0.2) is 57.6 Å². The molecule has 2 aromatic carbocycles. The van der Waals surface area contributed by atoms with Crippen LogP contribution in [0.1, 0.15) is 38.3 Å². The monoisotopic (exact) mass is 503 g/mol. The minimum Gasteiger partial charge on any atom is -0.497 e. The molecule has 2 aromatic rings. The number of nitrogens with one attached hydrogen (secondary N) is 1. The summed E-state index contributed by atoms with van der Waals surface area (Å²) in [4.78, 5) is 28.3. The van der Waals surface area contributed by atoms with Gasteiger partial charge in [0.1, 0.15) is 18.3 Å². The molecule has 2 rings (SSSR count). The van der Waals surface area contributed by atoms with E-state index in [1.165, 1.54) is 12.0 Å². The molecule has 0 radical (unpaired) electrons. The van der Waals surface area contributed by atoms with Crippen LogP contribution in [0.15, 0.2) is 48.5 Å². The Labute approximate surface area is 209 Å². The van der Waals surface area contributed by atoms with Gasteiger partial charge in [0.2, 0.25) is 21.8 Å². The van der Waals surface area contributed by atoms with Gasteiger partial charge in [-0.2, -0.15) is 0 Å². The zero-order valence-electron chi connectivity index (χ0n) is 21.4. The van der Waals surface area contributed by atoms with Gasteiger partial charge in [-0.1, -0.05) is 51.1 Å². The molecule has 0 aliphatic rings. The van der Waals surface area contributed by atoms with Gasteiger partial charge in [-0.3, -0.25) is 13.9 Å². The van der Waals surface area contributed by atoms with E-state index in [9.17, 15) is 18.0 Å². The second-order valence-corrected chi connectivity index (χ2v) is 10.9. The molecular weight excluding hydrogens is 466 g/mol. The molecule has 35 heavy (non-hydrogen) atoms. The highest BCUT2D eigenvalue weighted by molar-refractivity contribution is 7.92. The number of methoxy groups -OCH3 is 1. The predicted octanol–water partition coefficient (Wildman–Crippen LogP) is 3.35. The number of hydrogen-bond donors (Lipinski definition) is 1. The zero-order chi connectivity index (χ0) is 26.2. The molecule has 2 amide bonds. The van der Waals surface area contributed by atoms with Crippen molar-refractivity contribution in [1.82, 2.24) is 10.2 Å². The van der Waals surface area contributed by atoms with Gasteiger partial charge < -0.3 is 15.0 Å². The Balaban J connectivity index is 2.45. The summed E-state index contributed by atoms with van der Waals surface area (Å²) >= 11 is 0. The summed E-state index contributed by atoms with van der Waals surface area (Å²) in [5.41, 5.74) is 2.19. The standard InChI is InChI=1S/C26H37N3O5S/c1-7-24(26(31)27-16-19(2)3)28(17-21-12-9-8-11-20(21)4)25(30)18-29(35(6,32)33)22-13-10-14-23(15-22)34-5/h8-15,19,24H,7,16-18H2,1-6H3,(H,27,31)/t24-/m1/s1. The van der Waals surface area contributed by atoms with E-state index in [1.807, 2.05) is 52.0 Å². The third-order valence-corrected chi connectivity index (χ3v) is 6.83. The third kappa shape index (κ3) is 7.99. The van der Waals surface area contributed by atoms with Crippen molar-refractivity contribution < 1.29 is 22.7 Å². The topological polar surface area (TPSA) is 96.0 Å². The number of ether oxygens (including phenoxy) is 1. The highest BCUT2D eigenvalue weighted by Gasteiger charge is 2.32. The van der Waals surface area contributed by atoms with Gasteiger partial charge in [-0.05, 0) is 42.5 Å². The molecule has 0 aromatic heterocycles. The Morgan fingerprint density at radius 2 is 1.77 bits per heavy atom.